The second-order valence-electron chi connectivity index (χ2n) is 31.0. The van der Waals surface area contributed by atoms with Crippen molar-refractivity contribution < 1.29 is 81.4 Å². The summed E-state index contributed by atoms with van der Waals surface area (Å²) in [6.07, 6.45) is 5.35. The van der Waals surface area contributed by atoms with Crippen LogP contribution in [0.1, 0.15) is 181 Å². The summed E-state index contributed by atoms with van der Waals surface area (Å²) in [5.41, 5.74) is 3.63. The van der Waals surface area contributed by atoms with Crippen LogP contribution in [0.5, 0.6) is 0 Å². The van der Waals surface area contributed by atoms with Crippen molar-refractivity contribution in [2.24, 2.45) is 0 Å². The van der Waals surface area contributed by atoms with Gasteiger partial charge in [0, 0.05) is 166 Å². The Hall–Kier alpha value is -9.47. The third-order valence-corrected chi connectivity index (χ3v) is 21.5. The number of ketones is 1. The molecule has 110 heavy (non-hydrogen) atoms. The van der Waals surface area contributed by atoms with E-state index in [0.29, 0.717) is 84.5 Å². The predicted octanol–water partition coefficient (Wildman–Crippen LogP) is 3.50. The number of likely N-dealkylation sites (tertiary alicyclic amines) is 2. The number of piperidine rings is 6. The minimum absolute atomic E-state index is 0. The minimum atomic E-state index is -0.964. The average Bonchev–Trinajstić information content (AvgIpc) is 1.62. The van der Waals surface area contributed by atoms with Crippen molar-refractivity contribution in [3.63, 3.8) is 0 Å². The zero-order chi connectivity index (χ0) is 77.0. The van der Waals surface area contributed by atoms with Crippen LogP contribution in [0.2, 0.25) is 0 Å². The van der Waals surface area contributed by atoms with E-state index in [9.17, 15) is 71.9 Å². The molecule has 3 unspecified atom stereocenters. The van der Waals surface area contributed by atoms with Crippen LogP contribution in [-0.2, 0) is 43.0 Å². The summed E-state index contributed by atoms with van der Waals surface area (Å²) >= 11 is 0. The molecule has 0 radical (unpaired) electrons. The van der Waals surface area contributed by atoms with E-state index in [-0.39, 0.29) is 93.1 Å². The molecule has 3 aromatic carbocycles. The van der Waals surface area contributed by atoms with Crippen LogP contribution < -0.4 is 41.3 Å². The molecule has 0 aromatic heterocycles. The molecule has 15 rings (SSSR count). The topological polar surface area (TPSA) is 367 Å². The quantitative estimate of drug-likeness (QED) is 0.201. The van der Waals surface area contributed by atoms with Crippen LogP contribution in [0.15, 0.2) is 54.6 Å². The lowest BCUT2D eigenvalue weighted by atomic mass is 10.0. The van der Waals surface area contributed by atoms with Gasteiger partial charge >= 0.3 is 12.2 Å². The van der Waals surface area contributed by atoms with Crippen LogP contribution >= 0.6 is 24.8 Å². The highest BCUT2D eigenvalue weighted by Crippen LogP contribution is 2.36. The summed E-state index contributed by atoms with van der Waals surface area (Å²) in [6, 6.07) is 14.1. The third-order valence-electron chi connectivity index (χ3n) is 21.5. The fraction of sp³-hybridized carbons (Fsp3) is 0.566. The van der Waals surface area contributed by atoms with E-state index >= 15 is 0 Å². The number of anilines is 3. The molecule has 12 heterocycles. The van der Waals surface area contributed by atoms with E-state index in [4.69, 9.17) is 9.47 Å². The number of halogens is 2. The third kappa shape index (κ3) is 18.9. The van der Waals surface area contributed by atoms with Crippen molar-refractivity contribution in [3.05, 3.63) is 88.0 Å². The van der Waals surface area contributed by atoms with Crippen LogP contribution in [0.4, 0.5) is 26.7 Å². The largest absolute Gasteiger partial charge is 0.444 e. The maximum Gasteiger partial charge on any atom is 0.410 e. The smallest absolute Gasteiger partial charge is 0.410 e. The van der Waals surface area contributed by atoms with Gasteiger partial charge in [-0.05, 0) is 154 Å². The number of imide groups is 6. The zero-order valence-electron chi connectivity index (χ0n) is 63.0. The maximum absolute atomic E-state index is 13.2. The molecule has 5 N–H and O–H groups in total. The SMILES string of the molecule is CC(C)(C)OC(=O)N1CCC(=O)CC1.CC(C)(C)OC(=O)N1CCC(N2CCN(c3ccc4c(c3)C(=O)N(C3CCC(=O)NC3=O)C4=O)CC2)CC1.Cl.Cl.O=C1CCC(N2C(=O)c3ccc(N4CCN(C5CCNCC5)CC4)cc3C2=O)C(=O)N1.O=C1CCC(N2C(=O)c3ccc(N4CCNCC4)cc3C2=O)C(=O)N1. The zero-order valence-corrected chi connectivity index (χ0v) is 64.7. The van der Waals surface area contributed by atoms with Crippen molar-refractivity contribution in [3.8, 4) is 0 Å². The molecule has 3 aromatic rings. The van der Waals surface area contributed by atoms with E-state index in [1.54, 1.807) is 46.2 Å². The molecule has 9 saturated heterocycles. The van der Waals surface area contributed by atoms with E-state index in [1.807, 2.05) is 59.7 Å². The molecule has 0 aliphatic carbocycles. The van der Waals surface area contributed by atoms with Gasteiger partial charge < -0.3 is 44.6 Å². The number of nitrogens with zero attached hydrogens (tertiary/aromatic N) is 10. The number of Topliss-reactive ketones (excluding diaryl/α,β-unsaturated/α-hetero) is 1. The van der Waals surface area contributed by atoms with Crippen molar-refractivity contribution in [1.82, 2.24) is 60.9 Å². The Kier molecular flexibility index (Phi) is 26.6. The van der Waals surface area contributed by atoms with E-state index < -0.39 is 88.4 Å². The summed E-state index contributed by atoms with van der Waals surface area (Å²) in [5, 5.41) is 13.3. The molecule has 0 bridgehead atoms. The number of hydrogen-bond acceptors (Lipinski definition) is 24. The molecule has 3 atom stereocenters. The number of hydrogen-bond donors (Lipinski definition) is 5. The van der Waals surface area contributed by atoms with Crippen molar-refractivity contribution in [1.29, 1.82) is 0 Å². The fourth-order valence-corrected chi connectivity index (χ4v) is 15.8. The Bertz CT molecular complexity index is 4100. The molecule has 0 spiro atoms. The van der Waals surface area contributed by atoms with Crippen LogP contribution in [0.25, 0.3) is 0 Å². The second-order valence-corrected chi connectivity index (χ2v) is 31.0. The molecule has 9 fully saturated rings. The number of carbonyl (C=O) groups is 15. The average molecular weight is 1570 g/mol. The summed E-state index contributed by atoms with van der Waals surface area (Å²) in [4.78, 5) is 201. The molecule has 0 saturated carbocycles. The number of nitrogens with one attached hydrogen (secondary N) is 5. The Morgan fingerprint density at radius 1 is 0.345 bits per heavy atom. The predicted molar refractivity (Wildman–Crippen MR) is 405 cm³/mol. The number of rotatable bonds is 8. The highest BCUT2D eigenvalue weighted by molar-refractivity contribution is 6.26. The van der Waals surface area contributed by atoms with Gasteiger partial charge in [0.2, 0.25) is 35.4 Å². The molecule has 14 amide bonds. The normalized spacial score (nSPS) is 23.1. The minimum Gasteiger partial charge on any atom is -0.444 e. The number of fused-ring (bicyclic) bond motifs is 3. The Morgan fingerprint density at radius 3 is 0.973 bits per heavy atom. The highest BCUT2D eigenvalue weighted by Gasteiger charge is 2.49. The van der Waals surface area contributed by atoms with E-state index in [0.717, 1.165) is 136 Å². The van der Waals surface area contributed by atoms with E-state index in [1.165, 1.54) is 12.8 Å². The lowest BCUT2D eigenvalue weighted by Gasteiger charge is -2.43. The Balaban J connectivity index is 0.000000162. The lowest BCUT2D eigenvalue weighted by Crippen LogP contribution is -2.54. The molecule has 34 heteroatoms. The van der Waals surface area contributed by atoms with Gasteiger partial charge in [-0.25, -0.2) is 9.59 Å². The first-order valence-electron chi connectivity index (χ1n) is 37.7. The Labute approximate surface area is 650 Å². The van der Waals surface area contributed by atoms with Gasteiger partial charge in [0.1, 0.15) is 35.1 Å². The molecular formula is C76H99Cl2N15O17. The van der Waals surface area contributed by atoms with Gasteiger partial charge in [-0.1, -0.05) is 0 Å². The second kappa shape index (κ2) is 35.3. The van der Waals surface area contributed by atoms with Crippen molar-refractivity contribution in [2.75, 3.05) is 133 Å². The first-order chi connectivity index (χ1) is 51.5. The number of ether oxygens (including phenoxy) is 2. The summed E-state index contributed by atoms with van der Waals surface area (Å²) in [5.74, 6) is -5.53. The van der Waals surface area contributed by atoms with Gasteiger partial charge in [0.15, 0.2) is 0 Å². The number of piperazine rings is 3. The summed E-state index contributed by atoms with van der Waals surface area (Å²) in [7, 11) is 0. The molecular weight excluding hydrogens is 1470 g/mol. The monoisotopic (exact) mass is 1560 g/mol. The number of benzene rings is 3. The van der Waals surface area contributed by atoms with Gasteiger partial charge in [0.05, 0.1) is 33.4 Å². The maximum atomic E-state index is 13.2. The van der Waals surface area contributed by atoms with Crippen molar-refractivity contribution >= 4 is 131 Å². The first kappa shape index (κ1) is 83.0. The van der Waals surface area contributed by atoms with Gasteiger partial charge in [-0.3, -0.25) is 103 Å². The van der Waals surface area contributed by atoms with Crippen molar-refractivity contribution in [2.45, 2.75) is 160 Å². The summed E-state index contributed by atoms with van der Waals surface area (Å²) < 4.78 is 10.7. The molecule has 32 nitrogen and oxygen atoms in total. The summed E-state index contributed by atoms with van der Waals surface area (Å²) in [6.45, 7) is 26.1. The standard InChI is InChI=1S/C27H35N5O6.C22H27N5O4.C17H18N4O4.C10H17NO3.2ClH/c1-27(2,3)38-26(37)31-10-8-17(9-11-31)29-12-14-30(15-13-29)18-4-5-19-20(16-18)25(36)32(24(19)35)21-6-7-22(33)28-23(21)34;28-19-4-3-18(20(29)24-19)27-21(30)16-2-1-15(13-17(16)22(27)31)26-11-9-25(10-12-26)14-5-7-23-8-6-14;22-14-4-3-13(15(23)19-14)21-16(24)11-2-1-10(9-12(11)17(21)25)20-7-5-18-6-8-20;1-10(2,3)14-9(13)11-6-4-8(12)5-7-11;;/h4-5,16-17,21H,6-15H2,1-3H3,(H,28,33,34);1-2,13-14,18,23H,3-12H2,(H,24,28,29);1-2,9,13,18H,3-8H2,(H,19,22,23);4-7H2,1-3H3;2*1H. The van der Waals surface area contributed by atoms with Gasteiger partial charge in [0.25, 0.3) is 35.4 Å². The first-order valence-corrected chi connectivity index (χ1v) is 37.7. The van der Waals surface area contributed by atoms with Gasteiger partial charge in [-0.2, -0.15) is 0 Å². The fourth-order valence-electron chi connectivity index (χ4n) is 15.8. The van der Waals surface area contributed by atoms with Crippen LogP contribution in [0, 0.1) is 0 Å². The van der Waals surface area contributed by atoms with E-state index in [2.05, 4.69) is 51.1 Å². The van der Waals surface area contributed by atoms with Gasteiger partial charge in [-0.15, -0.1) is 24.8 Å². The molecule has 12 aliphatic rings. The lowest BCUT2D eigenvalue weighted by molar-refractivity contribution is -0.137. The van der Waals surface area contributed by atoms with Crippen LogP contribution in [-0.4, -0.2) is 282 Å². The molecule has 594 valence electrons. The molecule has 12 aliphatic heterocycles. The Morgan fingerprint density at radius 2 is 0.645 bits per heavy atom. The number of carbonyl (C=O) groups excluding carboxylic acids is 15. The highest BCUT2D eigenvalue weighted by atomic mass is 35.5. The number of amides is 14. The van der Waals surface area contributed by atoms with Crippen LogP contribution in [0.3, 0.4) is 0 Å².